The van der Waals surface area contributed by atoms with Crippen LogP contribution in [0, 0.1) is 0 Å². The third-order valence-electron chi connectivity index (χ3n) is 6.23. The van der Waals surface area contributed by atoms with Gasteiger partial charge in [0.25, 0.3) is 5.91 Å². The minimum absolute atomic E-state index is 0.108. The molecule has 1 aliphatic carbocycles. The average molecular weight is 566 g/mol. The van der Waals surface area contributed by atoms with Crippen molar-refractivity contribution < 1.29 is 28.5 Å². The van der Waals surface area contributed by atoms with Gasteiger partial charge in [-0.3, -0.25) is 9.78 Å². The first-order chi connectivity index (χ1) is 19.8. The fourth-order valence-electron chi connectivity index (χ4n) is 4.44. The number of carbonyl (C=O) groups is 2. The summed E-state index contributed by atoms with van der Waals surface area (Å²) >= 11 is 0. The molecule has 11 heteroatoms. The zero-order valence-electron chi connectivity index (χ0n) is 23.9. The number of benzene rings is 1. The van der Waals surface area contributed by atoms with Gasteiger partial charge >= 0.3 is 6.09 Å². The number of hydrogen-bond acceptors (Lipinski definition) is 8. The number of aromatic nitrogens is 3. The van der Waals surface area contributed by atoms with Crippen LogP contribution in [0.1, 0.15) is 61.4 Å². The van der Waals surface area contributed by atoms with E-state index >= 15 is 0 Å². The molecule has 2 aromatic heterocycles. The van der Waals surface area contributed by atoms with Crippen molar-refractivity contribution in [1.82, 2.24) is 25.4 Å². The van der Waals surface area contributed by atoms with E-state index in [1.165, 1.54) is 0 Å². The van der Waals surface area contributed by atoms with Crippen LogP contribution in [0.2, 0.25) is 0 Å². The molecule has 220 valence electrons. The van der Waals surface area contributed by atoms with E-state index in [1.54, 1.807) is 24.4 Å². The number of rotatable bonds is 13. The highest BCUT2D eigenvalue weighted by atomic mass is 16.6. The summed E-state index contributed by atoms with van der Waals surface area (Å²) in [5, 5.41) is 10.4. The molecular weight excluding hydrogens is 526 g/mol. The van der Waals surface area contributed by atoms with Crippen molar-refractivity contribution in [3.05, 3.63) is 71.8 Å². The van der Waals surface area contributed by atoms with E-state index in [-0.39, 0.29) is 11.9 Å². The Kier molecular flexibility index (Phi) is 10.7. The second kappa shape index (κ2) is 14.6. The predicted octanol–water partition coefficient (Wildman–Crippen LogP) is 4.01. The van der Waals surface area contributed by atoms with Crippen LogP contribution in [0.4, 0.5) is 4.79 Å². The quantitative estimate of drug-likeness (QED) is 0.298. The predicted molar refractivity (Wildman–Crippen MR) is 152 cm³/mol. The summed E-state index contributed by atoms with van der Waals surface area (Å²) in [4.78, 5) is 28.4. The van der Waals surface area contributed by atoms with Gasteiger partial charge in [0.15, 0.2) is 0 Å². The minimum atomic E-state index is -0.522. The van der Waals surface area contributed by atoms with Gasteiger partial charge in [-0.25, -0.2) is 9.48 Å². The maximum atomic E-state index is 12.7. The van der Waals surface area contributed by atoms with Crippen LogP contribution in [0.15, 0.2) is 54.9 Å². The summed E-state index contributed by atoms with van der Waals surface area (Å²) in [6.45, 7) is 7.84. The van der Waals surface area contributed by atoms with Gasteiger partial charge in [0.1, 0.15) is 23.7 Å². The number of pyridine rings is 1. The SMILES string of the molecule is CC(C)(C)OC(=O)NCCOCCOCCOc1cccc(-n2ncc3c2CCCC3NC(=O)c2ccccn2)c1. The Labute approximate surface area is 240 Å². The molecule has 4 rings (SSSR count). The monoisotopic (exact) mass is 565 g/mol. The molecule has 0 saturated carbocycles. The van der Waals surface area contributed by atoms with Gasteiger partial charge in [0.05, 0.1) is 44.4 Å². The molecule has 0 bridgehead atoms. The summed E-state index contributed by atoms with van der Waals surface area (Å²) in [6, 6.07) is 13.0. The highest BCUT2D eigenvalue weighted by molar-refractivity contribution is 5.92. The Bertz CT molecular complexity index is 1270. The first-order valence-corrected chi connectivity index (χ1v) is 13.9. The van der Waals surface area contributed by atoms with Crippen molar-refractivity contribution >= 4 is 12.0 Å². The lowest BCUT2D eigenvalue weighted by atomic mass is 9.92. The summed E-state index contributed by atoms with van der Waals surface area (Å²) in [5.41, 5.74) is 2.90. The third kappa shape index (κ3) is 9.29. The standard InChI is InChI=1S/C30H39N5O6/c1-30(2,3)41-29(37)32-14-15-38-16-17-39-18-19-40-23-9-6-8-22(20-23)35-27-12-7-11-25(24(27)21-33-35)34-28(36)26-10-4-5-13-31-26/h4-6,8-10,13,20-21,25H,7,11-12,14-19H2,1-3H3,(H,32,37)(H,34,36). The smallest absolute Gasteiger partial charge is 0.407 e. The molecule has 1 aliphatic rings. The van der Waals surface area contributed by atoms with Gasteiger partial charge in [-0.15, -0.1) is 0 Å². The van der Waals surface area contributed by atoms with Crippen LogP contribution in [-0.4, -0.2) is 71.9 Å². The summed E-state index contributed by atoms with van der Waals surface area (Å²) in [6.07, 6.45) is 5.68. The summed E-state index contributed by atoms with van der Waals surface area (Å²) in [5.74, 6) is 0.534. The Balaban J connectivity index is 1.18. The van der Waals surface area contributed by atoms with E-state index in [0.717, 1.165) is 42.0 Å². The van der Waals surface area contributed by atoms with E-state index in [2.05, 4.69) is 20.7 Å². The molecule has 2 heterocycles. The third-order valence-corrected chi connectivity index (χ3v) is 6.23. The number of fused-ring (bicyclic) bond motifs is 1. The number of alkyl carbamates (subject to hydrolysis) is 1. The summed E-state index contributed by atoms with van der Waals surface area (Å²) < 4.78 is 24.0. The topological polar surface area (TPSA) is 126 Å². The van der Waals surface area contributed by atoms with Crippen molar-refractivity contribution in [1.29, 1.82) is 0 Å². The highest BCUT2D eigenvalue weighted by Crippen LogP contribution is 2.32. The molecule has 1 atom stereocenters. The second-order valence-corrected chi connectivity index (χ2v) is 10.6. The van der Waals surface area contributed by atoms with Crippen LogP contribution in [0.3, 0.4) is 0 Å². The number of amides is 2. The van der Waals surface area contributed by atoms with Gasteiger partial charge < -0.3 is 29.6 Å². The molecular formula is C30H39N5O6. The van der Waals surface area contributed by atoms with Gasteiger partial charge in [-0.1, -0.05) is 12.1 Å². The summed E-state index contributed by atoms with van der Waals surface area (Å²) in [7, 11) is 0. The van der Waals surface area contributed by atoms with E-state index in [1.807, 2.05) is 55.9 Å². The van der Waals surface area contributed by atoms with E-state index in [9.17, 15) is 9.59 Å². The molecule has 0 radical (unpaired) electrons. The molecule has 1 unspecified atom stereocenters. The fourth-order valence-corrected chi connectivity index (χ4v) is 4.44. The van der Waals surface area contributed by atoms with Crippen LogP contribution in [0.5, 0.6) is 5.75 Å². The molecule has 2 amide bonds. The van der Waals surface area contributed by atoms with Crippen LogP contribution >= 0.6 is 0 Å². The van der Waals surface area contributed by atoms with Crippen molar-refractivity contribution in [2.45, 2.75) is 51.7 Å². The van der Waals surface area contributed by atoms with Gasteiger partial charge in [0.2, 0.25) is 0 Å². The number of carbonyl (C=O) groups excluding carboxylic acids is 2. The molecule has 0 saturated heterocycles. The maximum absolute atomic E-state index is 12.7. The van der Waals surface area contributed by atoms with Crippen molar-refractivity contribution in [3.8, 4) is 11.4 Å². The van der Waals surface area contributed by atoms with Gasteiger partial charge in [-0.05, 0) is 64.3 Å². The first kappa shape index (κ1) is 30.0. The number of hydrogen-bond donors (Lipinski definition) is 2. The Morgan fingerprint density at radius 3 is 2.61 bits per heavy atom. The Morgan fingerprint density at radius 1 is 1.02 bits per heavy atom. The van der Waals surface area contributed by atoms with Crippen LogP contribution in [-0.2, 0) is 20.6 Å². The zero-order chi connectivity index (χ0) is 29.1. The second-order valence-electron chi connectivity index (χ2n) is 10.6. The Hall–Kier alpha value is -3.96. The lowest BCUT2D eigenvalue weighted by Crippen LogP contribution is -2.34. The number of nitrogens with zero attached hydrogens (tertiary/aromatic N) is 3. The average Bonchev–Trinajstić information content (AvgIpc) is 3.39. The molecule has 0 fully saturated rings. The maximum Gasteiger partial charge on any atom is 0.407 e. The normalized spacial score (nSPS) is 14.7. The fraction of sp³-hybridized carbons (Fsp3) is 0.467. The van der Waals surface area contributed by atoms with Crippen molar-refractivity contribution in [2.75, 3.05) is 39.6 Å². The first-order valence-electron chi connectivity index (χ1n) is 13.9. The molecule has 41 heavy (non-hydrogen) atoms. The van der Waals surface area contributed by atoms with Crippen LogP contribution in [0.25, 0.3) is 5.69 Å². The highest BCUT2D eigenvalue weighted by Gasteiger charge is 2.26. The minimum Gasteiger partial charge on any atom is -0.491 e. The lowest BCUT2D eigenvalue weighted by Gasteiger charge is -2.24. The number of nitrogens with one attached hydrogen (secondary N) is 2. The van der Waals surface area contributed by atoms with Gasteiger partial charge in [-0.2, -0.15) is 5.10 Å². The van der Waals surface area contributed by atoms with Crippen molar-refractivity contribution in [3.63, 3.8) is 0 Å². The lowest BCUT2D eigenvalue weighted by molar-refractivity contribution is 0.0327. The largest absolute Gasteiger partial charge is 0.491 e. The molecule has 1 aromatic carbocycles. The molecule has 0 aliphatic heterocycles. The van der Waals surface area contributed by atoms with Crippen molar-refractivity contribution in [2.24, 2.45) is 0 Å². The van der Waals surface area contributed by atoms with E-state index < -0.39 is 11.7 Å². The molecule has 11 nitrogen and oxygen atoms in total. The molecule has 3 aromatic rings. The van der Waals surface area contributed by atoms with Crippen LogP contribution < -0.4 is 15.4 Å². The Morgan fingerprint density at radius 2 is 1.83 bits per heavy atom. The van der Waals surface area contributed by atoms with E-state index in [0.29, 0.717) is 45.3 Å². The molecule has 0 spiro atoms. The zero-order valence-corrected chi connectivity index (χ0v) is 23.9. The van der Waals surface area contributed by atoms with E-state index in [4.69, 9.17) is 18.9 Å². The van der Waals surface area contributed by atoms with Gasteiger partial charge in [0, 0.05) is 30.1 Å². The number of ether oxygens (including phenoxy) is 4. The molecule has 2 N–H and O–H groups in total.